The van der Waals surface area contributed by atoms with E-state index in [0.29, 0.717) is 30.3 Å². The number of nitrogens with zero attached hydrogens (tertiary/aromatic N) is 2. The SMILES string of the molecule is COc1ccc(CNCc2ccc(OC)c(C#N)c2)cn1. The van der Waals surface area contributed by atoms with E-state index in [9.17, 15) is 0 Å². The normalized spacial score (nSPS) is 9.95. The van der Waals surface area contributed by atoms with Crippen LogP contribution in [0.5, 0.6) is 11.6 Å². The Bertz CT molecular complexity index is 633. The summed E-state index contributed by atoms with van der Waals surface area (Å²) >= 11 is 0. The molecular weight excluding hydrogens is 266 g/mol. The van der Waals surface area contributed by atoms with Crippen molar-refractivity contribution in [3.8, 4) is 17.7 Å². The highest BCUT2D eigenvalue weighted by molar-refractivity contribution is 5.45. The van der Waals surface area contributed by atoms with Gasteiger partial charge in [-0.05, 0) is 23.3 Å². The molecule has 0 aliphatic heterocycles. The number of hydrogen-bond donors (Lipinski definition) is 1. The van der Waals surface area contributed by atoms with Gasteiger partial charge in [-0.15, -0.1) is 0 Å². The Labute approximate surface area is 124 Å². The molecule has 0 atom stereocenters. The highest BCUT2D eigenvalue weighted by Crippen LogP contribution is 2.18. The number of aromatic nitrogens is 1. The summed E-state index contributed by atoms with van der Waals surface area (Å²) in [7, 11) is 3.15. The van der Waals surface area contributed by atoms with Crippen LogP contribution in [0.25, 0.3) is 0 Å². The lowest BCUT2D eigenvalue weighted by Crippen LogP contribution is -2.13. The van der Waals surface area contributed by atoms with Crippen molar-refractivity contribution >= 4 is 0 Å². The molecule has 0 saturated heterocycles. The summed E-state index contributed by atoms with van der Waals surface area (Å²) in [5.74, 6) is 1.20. The standard InChI is InChI=1S/C16H17N3O2/c1-20-15-5-3-12(7-14(15)8-17)9-18-10-13-4-6-16(21-2)19-11-13/h3-7,11,18H,9-10H2,1-2H3. The van der Waals surface area contributed by atoms with E-state index >= 15 is 0 Å². The van der Waals surface area contributed by atoms with Crippen LogP contribution in [0.15, 0.2) is 36.5 Å². The number of rotatable bonds is 6. The summed E-state index contributed by atoms with van der Waals surface area (Å²) in [5, 5.41) is 12.4. The summed E-state index contributed by atoms with van der Waals surface area (Å²) in [6, 6.07) is 11.5. The fourth-order valence-corrected chi connectivity index (χ4v) is 1.94. The van der Waals surface area contributed by atoms with Crippen molar-refractivity contribution in [1.82, 2.24) is 10.3 Å². The van der Waals surface area contributed by atoms with E-state index in [-0.39, 0.29) is 0 Å². The molecule has 0 unspecified atom stereocenters. The van der Waals surface area contributed by atoms with E-state index in [2.05, 4.69) is 16.4 Å². The van der Waals surface area contributed by atoms with Crippen molar-refractivity contribution < 1.29 is 9.47 Å². The quantitative estimate of drug-likeness (QED) is 0.880. The molecule has 0 saturated carbocycles. The van der Waals surface area contributed by atoms with Crippen LogP contribution in [0.3, 0.4) is 0 Å². The molecule has 0 fully saturated rings. The second-order valence-electron chi connectivity index (χ2n) is 4.46. The molecule has 0 aliphatic rings. The van der Waals surface area contributed by atoms with Gasteiger partial charge in [0.2, 0.25) is 5.88 Å². The first-order valence-corrected chi connectivity index (χ1v) is 6.53. The molecule has 2 rings (SSSR count). The van der Waals surface area contributed by atoms with Gasteiger partial charge in [0.15, 0.2) is 0 Å². The number of benzene rings is 1. The van der Waals surface area contributed by atoms with E-state index in [1.54, 1.807) is 20.4 Å². The maximum absolute atomic E-state index is 9.06. The van der Waals surface area contributed by atoms with Crippen molar-refractivity contribution in [2.24, 2.45) is 0 Å². The number of hydrogen-bond acceptors (Lipinski definition) is 5. The van der Waals surface area contributed by atoms with Crippen molar-refractivity contribution in [3.63, 3.8) is 0 Å². The highest BCUT2D eigenvalue weighted by Gasteiger charge is 2.03. The van der Waals surface area contributed by atoms with Crippen LogP contribution in [0, 0.1) is 11.3 Å². The van der Waals surface area contributed by atoms with Gasteiger partial charge in [0, 0.05) is 25.4 Å². The smallest absolute Gasteiger partial charge is 0.212 e. The maximum atomic E-state index is 9.06. The Hall–Kier alpha value is -2.58. The minimum absolute atomic E-state index is 0.544. The van der Waals surface area contributed by atoms with Crippen molar-refractivity contribution in [2.75, 3.05) is 14.2 Å². The Morgan fingerprint density at radius 2 is 1.86 bits per heavy atom. The van der Waals surface area contributed by atoms with E-state index in [1.807, 2.05) is 30.3 Å². The third kappa shape index (κ3) is 3.94. The number of methoxy groups -OCH3 is 2. The average Bonchev–Trinajstić information content (AvgIpc) is 2.55. The first kappa shape index (κ1) is 14.8. The van der Waals surface area contributed by atoms with Crippen LogP contribution in [-0.4, -0.2) is 19.2 Å². The Morgan fingerprint density at radius 1 is 1.10 bits per heavy atom. The molecular formula is C16H17N3O2. The lowest BCUT2D eigenvalue weighted by Gasteiger charge is -2.08. The summed E-state index contributed by atoms with van der Waals surface area (Å²) in [5.41, 5.74) is 2.65. The summed E-state index contributed by atoms with van der Waals surface area (Å²) in [6.07, 6.45) is 1.78. The lowest BCUT2D eigenvalue weighted by atomic mass is 10.1. The number of nitrogens with one attached hydrogen (secondary N) is 1. The zero-order chi connectivity index (χ0) is 15.1. The zero-order valence-corrected chi connectivity index (χ0v) is 12.1. The molecule has 1 aromatic carbocycles. The van der Waals surface area contributed by atoms with Crippen LogP contribution in [0.4, 0.5) is 0 Å². The van der Waals surface area contributed by atoms with Gasteiger partial charge in [-0.1, -0.05) is 12.1 Å². The van der Waals surface area contributed by atoms with Crippen molar-refractivity contribution in [3.05, 3.63) is 53.2 Å². The predicted molar refractivity (Wildman–Crippen MR) is 79.0 cm³/mol. The van der Waals surface area contributed by atoms with Gasteiger partial charge in [0.05, 0.1) is 19.8 Å². The van der Waals surface area contributed by atoms with Gasteiger partial charge in [-0.2, -0.15) is 5.26 Å². The first-order valence-electron chi connectivity index (χ1n) is 6.53. The van der Waals surface area contributed by atoms with Crippen molar-refractivity contribution in [1.29, 1.82) is 5.26 Å². The number of ether oxygens (including phenoxy) is 2. The Balaban J connectivity index is 1.92. The van der Waals surface area contributed by atoms with Crippen LogP contribution in [0.1, 0.15) is 16.7 Å². The summed E-state index contributed by atoms with van der Waals surface area (Å²) in [6.45, 7) is 1.37. The highest BCUT2D eigenvalue weighted by atomic mass is 16.5. The minimum atomic E-state index is 0.544. The predicted octanol–water partition coefficient (Wildman–Crippen LogP) is 2.26. The Kier molecular flexibility index (Phi) is 5.13. The van der Waals surface area contributed by atoms with Gasteiger partial charge in [-0.25, -0.2) is 4.98 Å². The van der Waals surface area contributed by atoms with E-state index in [0.717, 1.165) is 11.1 Å². The van der Waals surface area contributed by atoms with E-state index in [4.69, 9.17) is 14.7 Å². The largest absolute Gasteiger partial charge is 0.495 e. The molecule has 0 radical (unpaired) electrons. The third-order valence-corrected chi connectivity index (χ3v) is 3.05. The van der Waals surface area contributed by atoms with E-state index < -0.39 is 0 Å². The number of nitriles is 1. The monoisotopic (exact) mass is 283 g/mol. The maximum Gasteiger partial charge on any atom is 0.212 e. The summed E-state index contributed by atoms with van der Waals surface area (Å²) in [4.78, 5) is 4.15. The fraction of sp³-hybridized carbons (Fsp3) is 0.250. The molecule has 21 heavy (non-hydrogen) atoms. The molecule has 0 spiro atoms. The fourth-order valence-electron chi connectivity index (χ4n) is 1.94. The van der Waals surface area contributed by atoms with Gasteiger partial charge in [-0.3, -0.25) is 0 Å². The van der Waals surface area contributed by atoms with Crippen LogP contribution in [-0.2, 0) is 13.1 Å². The van der Waals surface area contributed by atoms with E-state index in [1.165, 1.54) is 0 Å². The van der Waals surface area contributed by atoms with Gasteiger partial charge < -0.3 is 14.8 Å². The molecule has 5 nitrogen and oxygen atoms in total. The summed E-state index contributed by atoms with van der Waals surface area (Å²) < 4.78 is 10.1. The van der Waals surface area contributed by atoms with Crippen LogP contribution >= 0.6 is 0 Å². The van der Waals surface area contributed by atoms with Gasteiger partial charge in [0.1, 0.15) is 11.8 Å². The topological polar surface area (TPSA) is 67.2 Å². The Morgan fingerprint density at radius 3 is 2.48 bits per heavy atom. The average molecular weight is 283 g/mol. The number of pyridine rings is 1. The van der Waals surface area contributed by atoms with Gasteiger partial charge in [0.25, 0.3) is 0 Å². The molecule has 2 aromatic rings. The molecule has 0 aliphatic carbocycles. The van der Waals surface area contributed by atoms with Crippen LogP contribution < -0.4 is 14.8 Å². The first-order chi connectivity index (χ1) is 10.3. The second-order valence-corrected chi connectivity index (χ2v) is 4.46. The molecule has 1 aromatic heterocycles. The minimum Gasteiger partial charge on any atom is -0.495 e. The zero-order valence-electron chi connectivity index (χ0n) is 12.1. The third-order valence-electron chi connectivity index (χ3n) is 3.05. The molecule has 1 heterocycles. The second kappa shape index (κ2) is 7.27. The molecule has 0 amide bonds. The van der Waals surface area contributed by atoms with Crippen molar-refractivity contribution in [2.45, 2.75) is 13.1 Å². The van der Waals surface area contributed by atoms with Crippen LogP contribution in [0.2, 0.25) is 0 Å². The molecule has 108 valence electrons. The molecule has 1 N–H and O–H groups in total. The van der Waals surface area contributed by atoms with Gasteiger partial charge >= 0.3 is 0 Å². The lowest BCUT2D eigenvalue weighted by molar-refractivity contribution is 0.397. The molecule has 0 bridgehead atoms. The molecule has 5 heteroatoms.